The molecular weight excluding hydrogens is 268 g/mol. The largest absolute Gasteiger partial charge is 0.486 e. The zero-order valence-corrected chi connectivity index (χ0v) is 11.3. The fourth-order valence-corrected chi connectivity index (χ4v) is 2.32. The highest BCUT2D eigenvalue weighted by Crippen LogP contribution is 2.20. The maximum absolute atomic E-state index is 13.4. The van der Waals surface area contributed by atoms with Crippen LogP contribution in [-0.4, -0.2) is 12.6 Å². The van der Waals surface area contributed by atoms with E-state index < -0.39 is 11.6 Å². The summed E-state index contributed by atoms with van der Waals surface area (Å²) in [6, 6.07) is 7.95. The molecule has 0 saturated heterocycles. The molecule has 1 N–H and O–H groups in total. The molecule has 0 fully saturated rings. The predicted molar refractivity (Wildman–Crippen MR) is 72.5 cm³/mol. The lowest BCUT2D eigenvalue weighted by atomic mass is 10.3. The van der Waals surface area contributed by atoms with Crippen molar-refractivity contribution in [1.82, 2.24) is 5.32 Å². The Morgan fingerprint density at radius 3 is 2.84 bits per heavy atom. The van der Waals surface area contributed by atoms with Crippen LogP contribution in [-0.2, 0) is 6.54 Å². The molecule has 0 bridgehead atoms. The van der Waals surface area contributed by atoms with E-state index in [1.165, 1.54) is 17.0 Å². The molecule has 0 amide bonds. The van der Waals surface area contributed by atoms with Crippen LogP contribution in [0.5, 0.6) is 5.75 Å². The molecule has 0 spiro atoms. The van der Waals surface area contributed by atoms with Crippen LogP contribution in [0.1, 0.15) is 11.8 Å². The van der Waals surface area contributed by atoms with Gasteiger partial charge in [-0.25, -0.2) is 4.39 Å². The SMILES string of the molecule is CC(CNCc1cccs1)Oc1cccc(F)c1F. The Morgan fingerprint density at radius 1 is 1.26 bits per heavy atom. The molecule has 1 unspecified atom stereocenters. The van der Waals surface area contributed by atoms with Gasteiger partial charge in [-0.3, -0.25) is 0 Å². The molecule has 102 valence electrons. The summed E-state index contributed by atoms with van der Waals surface area (Å²) in [5, 5.41) is 5.22. The molecule has 1 heterocycles. The molecule has 1 aromatic carbocycles. The second kappa shape index (κ2) is 6.63. The first-order chi connectivity index (χ1) is 9.16. The van der Waals surface area contributed by atoms with Crippen molar-refractivity contribution >= 4 is 11.3 Å². The van der Waals surface area contributed by atoms with Gasteiger partial charge >= 0.3 is 0 Å². The monoisotopic (exact) mass is 283 g/mol. The first-order valence-electron chi connectivity index (χ1n) is 6.00. The van der Waals surface area contributed by atoms with Gasteiger partial charge in [-0.05, 0) is 30.5 Å². The molecule has 1 atom stereocenters. The summed E-state index contributed by atoms with van der Waals surface area (Å²) >= 11 is 1.67. The number of hydrogen-bond donors (Lipinski definition) is 1. The number of nitrogens with one attached hydrogen (secondary N) is 1. The number of halogens is 2. The van der Waals surface area contributed by atoms with Crippen LogP contribution < -0.4 is 10.1 Å². The summed E-state index contributed by atoms with van der Waals surface area (Å²) in [7, 11) is 0. The summed E-state index contributed by atoms with van der Waals surface area (Å²) in [5.74, 6) is -1.88. The second-order valence-corrected chi connectivity index (χ2v) is 5.22. The maximum atomic E-state index is 13.4. The van der Waals surface area contributed by atoms with Crippen LogP contribution in [0.3, 0.4) is 0 Å². The molecule has 19 heavy (non-hydrogen) atoms. The van der Waals surface area contributed by atoms with Gasteiger partial charge in [-0.1, -0.05) is 12.1 Å². The van der Waals surface area contributed by atoms with Crippen molar-refractivity contribution in [3.63, 3.8) is 0 Å². The zero-order valence-electron chi connectivity index (χ0n) is 10.5. The van der Waals surface area contributed by atoms with Crippen LogP contribution in [0.4, 0.5) is 8.78 Å². The molecular formula is C14H15F2NOS. The van der Waals surface area contributed by atoms with Crippen molar-refractivity contribution in [2.24, 2.45) is 0 Å². The minimum atomic E-state index is -0.937. The average Bonchev–Trinajstić information content (AvgIpc) is 2.88. The molecule has 2 rings (SSSR count). The highest BCUT2D eigenvalue weighted by Gasteiger charge is 2.11. The van der Waals surface area contributed by atoms with Gasteiger partial charge in [0.15, 0.2) is 11.6 Å². The van der Waals surface area contributed by atoms with Crippen molar-refractivity contribution in [2.75, 3.05) is 6.54 Å². The Kier molecular flexibility index (Phi) is 4.87. The molecule has 0 aliphatic rings. The van der Waals surface area contributed by atoms with Gasteiger partial charge in [0, 0.05) is 18.0 Å². The highest BCUT2D eigenvalue weighted by atomic mass is 32.1. The first kappa shape index (κ1) is 14.0. The van der Waals surface area contributed by atoms with Crippen molar-refractivity contribution in [2.45, 2.75) is 19.6 Å². The van der Waals surface area contributed by atoms with Gasteiger partial charge < -0.3 is 10.1 Å². The van der Waals surface area contributed by atoms with E-state index in [0.29, 0.717) is 6.54 Å². The molecule has 0 aliphatic heterocycles. The van der Waals surface area contributed by atoms with Crippen molar-refractivity contribution in [3.8, 4) is 5.75 Å². The van der Waals surface area contributed by atoms with E-state index in [0.717, 1.165) is 12.6 Å². The van der Waals surface area contributed by atoms with E-state index >= 15 is 0 Å². The van der Waals surface area contributed by atoms with Crippen LogP contribution in [0.15, 0.2) is 35.7 Å². The van der Waals surface area contributed by atoms with Crippen LogP contribution in [0.25, 0.3) is 0 Å². The molecule has 0 saturated carbocycles. The van der Waals surface area contributed by atoms with Gasteiger partial charge in [0.1, 0.15) is 6.10 Å². The zero-order chi connectivity index (χ0) is 13.7. The van der Waals surface area contributed by atoms with E-state index in [2.05, 4.69) is 5.32 Å². The van der Waals surface area contributed by atoms with Crippen molar-refractivity contribution in [3.05, 3.63) is 52.2 Å². The third kappa shape index (κ3) is 4.01. The highest BCUT2D eigenvalue weighted by molar-refractivity contribution is 7.09. The summed E-state index contributed by atoms with van der Waals surface area (Å²) in [5.41, 5.74) is 0. The van der Waals surface area contributed by atoms with E-state index in [4.69, 9.17) is 4.74 Å². The fourth-order valence-electron chi connectivity index (χ4n) is 1.65. The quantitative estimate of drug-likeness (QED) is 0.875. The first-order valence-corrected chi connectivity index (χ1v) is 6.88. The summed E-state index contributed by atoms with van der Waals surface area (Å²) in [4.78, 5) is 1.23. The Hall–Kier alpha value is -1.46. The predicted octanol–water partition coefficient (Wildman–Crippen LogP) is 3.58. The third-order valence-electron chi connectivity index (χ3n) is 2.56. The number of thiophene rings is 1. The van der Waals surface area contributed by atoms with Crippen molar-refractivity contribution in [1.29, 1.82) is 0 Å². The molecule has 2 nitrogen and oxygen atoms in total. The minimum absolute atomic E-state index is 0.0505. The van der Waals surface area contributed by atoms with E-state index in [9.17, 15) is 8.78 Å². The summed E-state index contributed by atoms with van der Waals surface area (Å²) < 4.78 is 31.8. The Morgan fingerprint density at radius 2 is 2.11 bits per heavy atom. The number of benzene rings is 1. The van der Waals surface area contributed by atoms with Gasteiger partial charge in [-0.15, -0.1) is 11.3 Å². The normalized spacial score (nSPS) is 12.4. The standard InChI is InChI=1S/C14H15F2NOS/c1-10(8-17-9-11-4-3-7-19-11)18-13-6-2-5-12(15)14(13)16/h2-7,10,17H,8-9H2,1H3. The topological polar surface area (TPSA) is 21.3 Å². The van der Waals surface area contributed by atoms with Crippen molar-refractivity contribution < 1.29 is 13.5 Å². The van der Waals surface area contributed by atoms with E-state index in [-0.39, 0.29) is 11.9 Å². The molecule has 5 heteroatoms. The lowest BCUT2D eigenvalue weighted by Gasteiger charge is -2.15. The maximum Gasteiger partial charge on any atom is 0.200 e. The van der Waals surface area contributed by atoms with Gasteiger partial charge in [0.2, 0.25) is 5.82 Å². The van der Waals surface area contributed by atoms with E-state index in [1.807, 2.05) is 24.4 Å². The fraction of sp³-hybridized carbons (Fsp3) is 0.286. The van der Waals surface area contributed by atoms with Gasteiger partial charge in [0.25, 0.3) is 0 Å². The Balaban J connectivity index is 1.80. The number of ether oxygens (including phenoxy) is 1. The average molecular weight is 283 g/mol. The molecule has 0 aliphatic carbocycles. The van der Waals surface area contributed by atoms with Gasteiger partial charge in [0.05, 0.1) is 0 Å². The van der Waals surface area contributed by atoms with Crippen LogP contribution >= 0.6 is 11.3 Å². The molecule has 1 aromatic heterocycles. The Labute approximate surface area is 115 Å². The number of rotatable bonds is 6. The number of hydrogen-bond acceptors (Lipinski definition) is 3. The summed E-state index contributed by atoms with van der Waals surface area (Å²) in [6.07, 6.45) is -0.240. The summed E-state index contributed by atoms with van der Waals surface area (Å²) in [6.45, 7) is 3.12. The lowest BCUT2D eigenvalue weighted by Crippen LogP contribution is -2.28. The van der Waals surface area contributed by atoms with E-state index in [1.54, 1.807) is 11.3 Å². The van der Waals surface area contributed by atoms with Crippen LogP contribution in [0, 0.1) is 11.6 Å². The lowest BCUT2D eigenvalue weighted by molar-refractivity contribution is 0.205. The smallest absolute Gasteiger partial charge is 0.200 e. The van der Waals surface area contributed by atoms with Gasteiger partial charge in [-0.2, -0.15) is 4.39 Å². The molecule has 0 radical (unpaired) electrons. The molecule has 2 aromatic rings. The third-order valence-corrected chi connectivity index (χ3v) is 3.43. The second-order valence-electron chi connectivity index (χ2n) is 4.19. The Bertz CT molecular complexity index is 516. The minimum Gasteiger partial charge on any atom is -0.486 e. The van der Waals surface area contributed by atoms with Crippen LogP contribution in [0.2, 0.25) is 0 Å².